The predicted molar refractivity (Wildman–Crippen MR) is 87.6 cm³/mol. The molecule has 1 aromatic carbocycles. The fourth-order valence-corrected chi connectivity index (χ4v) is 1.37. The molecule has 6 nitrogen and oxygen atoms in total. The average Bonchev–Trinajstić information content (AvgIpc) is 2.50. The number of thiocarbonyl (C=S) groups is 1. The molecule has 0 aliphatic carbocycles. The normalized spacial score (nSPS) is 10.8. The van der Waals surface area contributed by atoms with Gasteiger partial charge in [0.15, 0.2) is 11.7 Å². The number of hydrazone groups is 1. The molecule has 0 aliphatic rings. The number of rotatable bonds is 5. The van der Waals surface area contributed by atoms with E-state index in [1.54, 1.807) is 33.3 Å². The summed E-state index contributed by atoms with van der Waals surface area (Å²) in [6, 6.07) is 7.35. The lowest BCUT2D eigenvalue weighted by Crippen LogP contribution is -2.29. The molecular weight excluding hydrogens is 288 g/mol. The number of nitrogens with zero attached hydrogens (tertiary/aromatic N) is 2. The van der Waals surface area contributed by atoms with Crippen LogP contribution in [0.5, 0.6) is 5.75 Å². The van der Waals surface area contributed by atoms with Crippen LogP contribution in [0, 0.1) is 0 Å². The Bertz CT molecular complexity index is 526. The summed E-state index contributed by atoms with van der Waals surface area (Å²) in [5.41, 5.74) is 4.46. The van der Waals surface area contributed by atoms with Crippen LogP contribution in [0.2, 0.25) is 0 Å². The SMILES string of the molecule is CNC(=S)N/N=C(\C)c1ccc(OCC(=O)N(C)C)cc1. The molecule has 7 heteroatoms. The molecule has 1 amide bonds. The fourth-order valence-electron chi connectivity index (χ4n) is 1.32. The van der Waals surface area contributed by atoms with Gasteiger partial charge in [0, 0.05) is 21.1 Å². The molecule has 21 heavy (non-hydrogen) atoms. The van der Waals surface area contributed by atoms with Gasteiger partial charge in [-0.25, -0.2) is 0 Å². The largest absolute Gasteiger partial charge is 0.484 e. The van der Waals surface area contributed by atoms with Gasteiger partial charge in [0.25, 0.3) is 5.91 Å². The van der Waals surface area contributed by atoms with Crippen molar-refractivity contribution in [1.29, 1.82) is 0 Å². The molecule has 0 bridgehead atoms. The van der Waals surface area contributed by atoms with E-state index in [0.29, 0.717) is 10.9 Å². The molecule has 0 aromatic heterocycles. The highest BCUT2D eigenvalue weighted by molar-refractivity contribution is 7.80. The van der Waals surface area contributed by atoms with E-state index < -0.39 is 0 Å². The fraction of sp³-hybridized carbons (Fsp3) is 0.357. The third-order valence-electron chi connectivity index (χ3n) is 2.69. The summed E-state index contributed by atoms with van der Waals surface area (Å²) in [4.78, 5) is 12.9. The summed E-state index contributed by atoms with van der Waals surface area (Å²) in [7, 11) is 5.11. The summed E-state index contributed by atoms with van der Waals surface area (Å²) >= 11 is 4.94. The van der Waals surface area contributed by atoms with Crippen molar-refractivity contribution in [2.75, 3.05) is 27.7 Å². The van der Waals surface area contributed by atoms with Gasteiger partial charge < -0.3 is 15.0 Å². The smallest absolute Gasteiger partial charge is 0.259 e. The van der Waals surface area contributed by atoms with Gasteiger partial charge in [-0.15, -0.1) is 0 Å². The summed E-state index contributed by atoms with van der Waals surface area (Å²) < 4.78 is 5.40. The lowest BCUT2D eigenvalue weighted by atomic mass is 10.1. The van der Waals surface area contributed by atoms with E-state index in [1.165, 1.54) is 4.90 Å². The van der Waals surface area contributed by atoms with E-state index in [9.17, 15) is 4.79 Å². The van der Waals surface area contributed by atoms with Crippen molar-refractivity contribution >= 4 is 28.9 Å². The maximum atomic E-state index is 11.4. The first-order valence-electron chi connectivity index (χ1n) is 6.39. The van der Waals surface area contributed by atoms with Crippen LogP contribution >= 0.6 is 12.2 Å². The second-order valence-electron chi connectivity index (χ2n) is 4.49. The second-order valence-corrected chi connectivity index (χ2v) is 4.90. The lowest BCUT2D eigenvalue weighted by Gasteiger charge is -2.11. The molecular formula is C14H20N4O2S. The maximum absolute atomic E-state index is 11.4. The molecule has 0 aliphatic heterocycles. The van der Waals surface area contributed by atoms with Crippen LogP contribution in [-0.2, 0) is 4.79 Å². The third-order valence-corrected chi connectivity index (χ3v) is 2.98. The number of benzene rings is 1. The molecule has 0 saturated heterocycles. The molecule has 0 atom stereocenters. The molecule has 0 radical (unpaired) electrons. The van der Waals surface area contributed by atoms with Crippen molar-refractivity contribution in [2.24, 2.45) is 5.10 Å². The highest BCUT2D eigenvalue weighted by Crippen LogP contribution is 2.12. The number of hydrogen-bond acceptors (Lipinski definition) is 4. The zero-order chi connectivity index (χ0) is 15.8. The molecule has 1 aromatic rings. The Hall–Kier alpha value is -2.15. The van der Waals surface area contributed by atoms with E-state index in [2.05, 4.69) is 15.8 Å². The van der Waals surface area contributed by atoms with Gasteiger partial charge in [-0.05, 0) is 49.0 Å². The van der Waals surface area contributed by atoms with E-state index in [1.807, 2.05) is 19.1 Å². The molecule has 1 rings (SSSR count). The number of hydrogen-bond donors (Lipinski definition) is 2. The van der Waals surface area contributed by atoms with E-state index in [4.69, 9.17) is 17.0 Å². The van der Waals surface area contributed by atoms with Crippen LogP contribution in [0.4, 0.5) is 0 Å². The first-order chi connectivity index (χ1) is 9.93. The Morgan fingerprint density at radius 2 is 1.95 bits per heavy atom. The summed E-state index contributed by atoms with van der Waals surface area (Å²) in [5, 5.41) is 7.38. The monoisotopic (exact) mass is 308 g/mol. The van der Waals surface area contributed by atoms with Gasteiger partial charge in [0.2, 0.25) is 0 Å². The van der Waals surface area contributed by atoms with Crippen LogP contribution in [-0.4, -0.2) is 49.4 Å². The van der Waals surface area contributed by atoms with Crippen LogP contribution in [0.25, 0.3) is 0 Å². The van der Waals surface area contributed by atoms with Crippen molar-refractivity contribution in [1.82, 2.24) is 15.6 Å². The van der Waals surface area contributed by atoms with Crippen molar-refractivity contribution in [3.8, 4) is 5.75 Å². The second kappa shape index (κ2) is 8.21. The van der Waals surface area contributed by atoms with Crippen molar-refractivity contribution < 1.29 is 9.53 Å². The molecule has 0 heterocycles. The minimum Gasteiger partial charge on any atom is -0.484 e. The molecule has 0 spiro atoms. The molecule has 0 unspecified atom stereocenters. The highest BCUT2D eigenvalue weighted by atomic mass is 32.1. The average molecular weight is 308 g/mol. The summed E-state index contributed by atoms with van der Waals surface area (Å²) in [5.74, 6) is 0.557. The number of ether oxygens (including phenoxy) is 1. The van der Waals surface area contributed by atoms with Gasteiger partial charge in [-0.1, -0.05) is 0 Å². The molecule has 2 N–H and O–H groups in total. The van der Waals surface area contributed by atoms with Crippen LogP contribution in [0.15, 0.2) is 29.4 Å². The Labute approximate surface area is 130 Å². The zero-order valence-electron chi connectivity index (χ0n) is 12.6. The van der Waals surface area contributed by atoms with Crippen molar-refractivity contribution in [3.05, 3.63) is 29.8 Å². The van der Waals surface area contributed by atoms with Gasteiger partial charge in [-0.2, -0.15) is 5.10 Å². The van der Waals surface area contributed by atoms with Crippen molar-refractivity contribution in [3.63, 3.8) is 0 Å². The first kappa shape index (κ1) is 16.9. The lowest BCUT2D eigenvalue weighted by molar-refractivity contribution is -0.130. The standard InChI is InChI=1S/C14H20N4O2S/c1-10(16-17-14(21)15-2)11-5-7-12(8-6-11)20-9-13(19)18(3)4/h5-8H,9H2,1-4H3,(H2,15,17,21)/b16-10+. The highest BCUT2D eigenvalue weighted by Gasteiger charge is 2.05. The number of carbonyl (C=O) groups excluding carboxylic acids is 1. The third kappa shape index (κ3) is 5.78. The molecule has 0 saturated carbocycles. The topological polar surface area (TPSA) is 66.0 Å². The predicted octanol–water partition coefficient (Wildman–Crippen LogP) is 0.971. The van der Waals surface area contributed by atoms with Crippen LogP contribution in [0.1, 0.15) is 12.5 Å². The van der Waals surface area contributed by atoms with E-state index in [-0.39, 0.29) is 12.5 Å². The number of likely N-dealkylation sites (N-methyl/N-ethyl adjacent to an activating group) is 1. The molecule has 114 valence electrons. The van der Waals surface area contributed by atoms with Gasteiger partial charge in [0.1, 0.15) is 5.75 Å². The van der Waals surface area contributed by atoms with Gasteiger partial charge in [-0.3, -0.25) is 10.2 Å². The quantitative estimate of drug-likeness (QED) is 0.482. The Morgan fingerprint density at radius 1 is 1.33 bits per heavy atom. The van der Waals surface area contributed by atoms with Gasteiger partial charge in [0.05, 0.1) is 5.71 Å². The van der Waals surface area contributed by atoms with E-state index >= 15 is 0 Å². The van der Waals surface area contributed by atoms with Gasteiger partial charge >= 0.3 is 0 Å². The Kier molecular flexibility index (Phi) is 6.61. The Balaban J connectivity index is 2.61. The van der Waals surface area contributed by atoms with Crippen LogP contribution in [0.3, 0.4) is 0 Å². The zero-order valence-corrected chi connectivity index (χ0v) is 13.5. The number of carbonyl (C=O) groups is 1. The number of amides is 1. The minimum absolute atomic E-state index is 0.0252. The summed E-state index contributed by atoms with van der Waals surface area (Å²) in [6.07, 6.45) is 0. The maximum Gasteiger partial charge on any atom is 0.259 e. The van der Waals surface area contributed by atoms with Crippen molar-refractivity contribution in [2.45, 2.75) is 6.92 Å². The Morgan fingerprint density at radius 3 is 2.48 bits per heavy atom. The number of nitrogens with one attached hydrogen (secondary N) is 2. The van der Waals surface area contributed by atoms with E-state index in [0.717, 1.165) is 11.3 Å². The first-order valence-corrected chi connectivity index (χ1v) is 6.80. The van der Waals surface area contributed by atoms with Crippen LogP contribution < -0.4 is 15.5 Å². The molecule has 0 fully saturated rings. The minimum atomic E-state index is -0.0819. The summed E-state index contributed by atoms with van der Waals surface area (Å²) in [6.45, 7) is 1.90.